The van der Waals surface area contributed by atoms with E-state index in [1.165, 1.54) is 0 Å². The summed E-state index contributed by atoms with van der Waals surface area (Å²) in [5.74, 6) is 0.976. The van der Waals surface area contributed by atoms with Crippen LogP contribution in [0, 0.1) is 0 Å². The van der Waals surface area contributed by atoms with Crippen LogP contribution in [0.5, 0.6) is 11.5 Å². The summed E-state index contributed by atoms with van der Waals surface area (Å²) in [5.41, 5.74) is 4.05. The lowest BCUT2D eigenvalue weighted by Crippen LogP contribution is -2.33. The van der Waals surface area contributed by atoms with Gasteiger partial charge in [0.15, 0.2) is 6.10 Å². The number of nitrogens with one attached hydrogen (secondary N) is 1. The first-order valence-corrected chi connectivity index (χ1v) is 8.15. The number of methoxy groups -OCH3 is 1. The zero-order valence-electron chi connectivity index (χ0n) is 14.5. The maximum absolute atomic E-state index is 12.2. The number of carbonyl (C=O) groups is 1. The topological polar surface area (TPSA) is 72.8 Å². The van der Waals surface area contributed by atoms with E-state index in [-0.39, 0.29) is 5.91 Å². The Balaban J connectivity index is 1.61. The Labute approximate surface area is 151 Å². The first-order chi connectivity index (χ1) is 12.7. The third-order valence-corrected chi connectivity index (χ3v) is 3.77. The molecule has 0 radical (unpaired) electrons. The molecule has 1 N–H and O–H groups in total. The molecule has 1 aromatic heterocycles. The molecule has 0 saturated carbocycles. The third-order valence-electron chi connectivity index (χ3n) is 3.77. The summed E-state index contributed by atoms with van der Waals surface area (Å²) in [6.45, 7) is 1.67. The van der Waals surface area contributed by atoms with Crippen LogP contribution in [-0.4, -0.2) is 30.3 Å². The van der Waals surface area contributed by atoms with Crippen molar-refractivity contribution in [2.24, 2.45) is 5.10 Å². The molecule has 26 heavy (non-hydrogen) atoms. The Bertz CT molecular complexity index is 918. The smallest absolute Gasteiger partial charge is 0.280 e. The van der Waals surface area contributed by atoms with Crippen LogP contribution in [0.25, 0.3) is 10.9 Å². The number of pyridine rings is 1. The fraction of sp³-hybridized carbons (Fsp3) is 0.150. The molecular weight excluding hydrogens is 330 g/mol. The number of amides is 1. The SMILES string of the molecule is COc1ccc(/C=N\NC(=O)[C@H](C)Oc2cccc3cccnc23)cc1. The zero-order chi connectivity index (χ0) is 18.4. The minimum atomic E-state index is -0.712. The highest BCUT2D eigenvalue weighted by atomic mass is 16.5. The van der Waals surface area contributed by atoms with Gasteiger partial charge in [0.05, 0.1) is 13.3 Å². The van der Waals surface area contributed by atoms with Gasteiger partial charge in [0.2, 0.25) is 0 Å². The minimum Gasteiger partial charge on any atom is -0.497 e. The van der Waals surface area contributed by atoms with Crippen molar-refractivity contribution >= 4 is 23.0 Å². The molecule has 6 heteroatoms. The van der Waals surface area contributed by atoms with Gasteiger partial charge in [-0.2, -0.15) is 5.10 Å². The molecule has 3 aromatic rings. The molecule has 3 rings (SSSR count). The molecule has 132 valence electrons. The summed E-state index contributed by atoms with van der Waals surface area (Å²) < 4.78 is 10.9. The highest BCUT2D eigenvalue weighted by molar-refractivity contribution is 5.86. The zero-order valence-corrected chi connectivity index (χ0v) is 14.5. The van der Waals surface area contributed by atoms with Crippen molar-refractivity contribution in [2.75, 3.05) is 7.11 Å². The second-order valence-corrected chi connectivity index (χ2v) is 5.60. The van der Waals surface area contributed by atoms with Gasteiger partial charge < -0.3 is 9.47 Å². The van der Waals surface area contributed by atoms with Crippen molar-refractivity contribution in [3.63, 3.8) is 0 Å². The molecule has 0 aliphatic rings. The van der Waals surface area contributed by atoms with Crippen LogP contribution in [0.15, 0.2) is 65.9 Å². The summed E-state index contributed by atoms with van der Waals surface area (Å²) in [7, 11) is 1.61. The van der Waals surface area contributed by atoms with Crippen molar-refractivity contribution in [1.29, 1.82) is 0 Å². The van der Waals surface area contributed by atoms with Gasteiger partial charge in [-0.15, -0.1) is 0 Å². The van der Waals surface area contributed by atoms with Gasteiger partial charge in [-0.1, -0.05) is 18.2 Å². The monoisotopic (exact) mass is 349 g/mol. The minimum absolute atomic E-state index is 0.345. The van der Waals surface area contributed by atoms with Gasteiger partial charge in [0.25, 0.3) is 5.91 Å². The van der Waals surface area contributed by atoms with E-state index in [0.717, 1.165) is 22.2 Å². The molecular formula is C20H19N3O3. The average Bonchev–Trinajstić information content (AvgIpc) is 2.68. The van der Waals surface area contributed by atoms with E-state index in [1.807, 2.05) is 48.5 Å². The Morgan fingerprint density at radius 1 is 1.15 bits per heavy atom. The quantitative estimate of drug-likeness (QED) is 0.548. The summed E-state index contributed by atoms with van der Waals surface area (Å²) in [4.78, 5) is 16.5. The predicted octanol–water partition coefficient (Wildman–Crippen LogP) is 3.16. The summed E-state index contributed by atoms with van der Waals surface area (Å²) in [6.07, 6.45) is 2.54. The number of hydrazone groups is 1. The van der Waals surface area contributed by atoms with Crippen LogP contribution in [0.2, 0.25) is 0 Å². The second-order valence-electron chi connectivity index (χ2n) is 5.60. The van der Waals surface area contributed by atoms with Crippen molar-refractivity contribution in [3.8, 4) is 11.5 Å². The largest absolute Gasteiger partial charge is 0.497 e. The van der Waals surface area contributed by atoms with E-state index in [2.05, 4.69) is 15.5 Å². The molecule has 0 spiro atoms. The van der Waals surface area contributed by atoms with Crippen molar-refractivity contribution in [1.82, 2.24) is 10.4 Å². The van der Waals surface area contributed by atoms with Crippen LogP contribution < -0.4 is 14.9 Å². The van der Waals surface area contributed by atoms with Gasteiger partial charge in [-0.25, -0.2) is 5.43 Å². The maximum atomic E-state index is 12.2. The lowest BCUT2D eigenvalue weighted by Gasteiger charge is -2.14. The van der Waals surface area contributed by atoms with Gasteiger partial charge in [0.1, 0.15) is 17.0 Å². The van der Waals surface area contributed by atoms with Crippen LogP contribution in [0.1, 0.15) is 12.5 Å². The van der Waals surface area contributed by atoms with Gasteiger partial charge in [-0.05, 0) is 48.9 Å². The van der Waals surface area contributed by atoms with Crippen molar-refractivity contribution in [3.05, 3.63) is 66.4 Å². The summed E-state index contributed by atoms with van der Waals surface area (Å²) in [6, 6.07) is 16.7. The first-order valence-electron chi connectivity index (χ1n) is 8.15. The lowest BCUT2D eigenvalue weighted by molar-refractivity contribution is -0.127. The van der Waals surface area contributed by atoms with Crippen molar-refractivity contribution < 1.29 is 14.3 Å². The Hall–Kier alpha value is -3.41. The molecule has 1 amide bonds. The number of aromatic nitrogens is 1. The van der Waals surface area contributed by atoms with Gasteiger partial charge >= 0.3 is 0 Å². The Kier molecular flexibility index (Phi) is 5.43. The number of fused-ring (bicyclic) bond motifs is 1. The molecule has 1 heterocycles. The highest BCUT2D eigenvalue weighted by Crippen LogP contribution is 2.23. The number of hydrogen-bond donors (Lipinski definition) is 1. The Morgan fingerprint density at radius 2 is 1.92 bits per heavy atom. The van der Waals surface area contributed by atoms with Gasteiger partial charge in [0, 0.05) is 11.6 Å². The van der Waals surface area contributed by atoms with E-state index < -0.39 is 6.10 Å². The van der Waals surface area contributed by atoms with Crippen molar-refractivity contribution in [2.45, 2.75) is 13.0 Å². The number of para-hydroxylation sites is 1. The lowest BCUT2D eigenvalue weighted by atomic mass is 10.2. The van der Waals surface area contributed by atoms with Crippen LogP contribution in [0.4, 0.5) is 0 Å². The van der Waals surface area contributed by atoms with E-state index in [1.54, 1.807) is 32.5 Å². The molecule has 2 aromatic carbocycles. The number of hydrogen-bond acceptors (Lipinski definition) is 5. The Morgan fingerprint density at radius 3 is 2.69 bits per heavy atom. The van der Waals surface area contributed by atoms with Crippen LogP contribution >= 0.6 is 0 Å². The molecule has 0 unspecified atom stereocenters. The highest BCUT2D eigenvalue weighted by Gasteiger charge is 2.15. The van der Waals surface area contributed by atoms with E-state index in [9.17, 15) is 4.79 Å². The van der Waals surface area contributed by atoms with E-state index >= 15 is 0 Å². The van der Waals surface area contributed by atoms with E-state index in [0.29, 0.717) is 5.75 Å². The molecule has 0 bridgehead atoms. The molecule has 0 aliphatic carbocycles. The normalized spacial score (nSPS) is 12.1. The van der Waals surface area contributed by atoms with Crippen LogP contribution in [-0.2, 0) is 4.79 Å². The fourth-order valence-electron chi connectivity index (χ4n) is 2.37. The molecule has 1 atom stereocenters. The molecule has 0 aliphatic heterocycles. The molecule has 0 saturated heterocycles. The number of ether oxygens (including phenoxy) is 2. The number of carbonyl (C=O) groups excluding carboxylic acids is 1. The number of benzene rings is 2. The van der Waals surface area contributed by atoms with Gasteiger partial charge in [-0.3, -0.25) is 9.78 Å². The predicted molar refractivity (Wildman–Crippen MR) is 101 cm³/mol. The second kappa shape index (κ2) is 8.11. The molecule has 0 fully saturated rings. The summed E-state index contributed by atoms with van der Waals surface area (Å²) >= 11 is 0. The third kappa shape index (κ3) is 4.16. The standard InChI is InChI=1S/C20H19N3O3/c1-14(26-18-7-3-5-16-6-4-12-21-19(16)18)20(24)23-22-13-15-8-10-17(25-2)11-9-15/h3-14H,1-2H3,(H,23,24)/b22-13-/t14-/m0/s1. The fourth-order valence-corrected chi connectivity index (χ4v) is 2.37. The number of nitrogens with zero attached hydrogens (tertiary/aromatic N) is 2. The number of rotatable bonds is 6. The molecule has 6 nitrogen and oxygen atoms in total. The first kappa shape index (κ1) is 17.4. The average molecular weight is 349 g/mol. The van der Waals surface area contributed by atoms with E-state index in [4.69, 9.17) is 9.47 Å². The maximum Gasteiger partial charge on any atom is 0.280 e. The van der Waals surface area contributed by atoms with Crippen LogP contribution in [0.3, 0.4) is 0 Å². The summed E-state index contributed by atoms with van der Waals surface area (Å²) in [5, 5.41) is 4.91.